The Kier molecular flexibility index (Phi) is 9.59. The molecular weight excluding hydrogens is 519 g/mol. The average molecular weight is 565 g/mol. The summed E-state index contributed by atoms with van der Waals surface area (Å²) in [6, 6.07) is 5.92. The van der Waals surface area contributed by atoms with Gasteiger partial charge in [0.05, 0.1) is 11.8 Å². The van der Waals surface area contributed by atoms with Gasteiger partial charge in [-0.15, -0.1) is 0 Å². The van der Waals surface area contributed by atoms with Crippen LogP contribution in [0.1, 0.15) is 75.7 Å². The zero-order valence-corrected chi connectivity index (χ0v) is 23.7. The van der Waals surface area contributed by atoms with Gasteiger partial charge in [0.2, 0.25) is 15.9 Å². The molecule has 1 unspecified atom stereocenters. The topological polar surface area (TPSA) is 114 Å². The van der Waals surface area contributed by atoms with Gasteiger partial charge in [-0.25, -0.2) is 12.8 Å². The highest BCUT2D eigenvalue weighted by Gasteiger charge is 2.39. The number of carbonyl (C=O) groups excluding carboxylic acids is 1. The minimum atomic E-state index is -3.21. The standard InChI is InChI=1S/C29H45FN4O4S/c30-23-10-7-21(8-11-23)27(22-13-15-38-16-14-22)28(31)29(35)33-26-6-2-1-4-20(26)9-12-25-18-32-24-5-3-17-39(36,37)34(25)19-24/h7-8,10-11,20,22,24-28,32H,1-6,9,12-19,31H2,(H,33,35)/t20-,24-,25+,26+,27+,28+/m1/s1. The molecule has 39 heavy (non-hydrogen) atoms. The van der Waals surface area contributed by atoms with Gasteiger partial charge in [-0.1, -0.05) is 25.0 Å². The van der Waals surface area contributed by atoms with Crippen LogP contribution in [-0.4, -0.2) is 74.9 Å². The molecule has 1 aromatic carbocycles. The van der Waals surface area contributed by atoms with Crippen molar-refractivity contribution in [3.63, 3.8) is 0 Å². The molecule has 218 valence electrons. The second-order valence-electron chi connectivity index (χ2n) is 12.1. The van der Waals surface area contributed by atoms with Crippen LogP contribution in [0.25, 0.3) is 0 Å². The van der Waals surface area contributed by atoms with Crippen molar-refractivity contribution in [2.45, 2.75) is 94.3 Å². The second kappa shape index (κ2) is 12.9. The maximum atomic E-state index is 13.7. The molecule has 4 N–H and O–H groups in total. The molecule has 1 saturated carbocycles. The molecule has 3 saturated heterocycles. The third kappa shape index (κ3) is 7.01. The normalized spacial score (nSPS) is 33.0. The van der Waals surface area contributed by atoms with Crippen LogP contribution >= 0.6 is 0 Å². The van der Waals surface area contributed by atoms with Crippen molar-refractivity contribution in [1.29, 1.82) is 0 Å². The molecule has 5 rings (SSSR count). The number of amides is 1. The zero-order valence-electron chi connectivity index (χ0n) is 22.9. The van der Waals surface area contributed by atoms with Gasteiger partial charge >= 0.3 is 0 Å². The van der Waals surface area contributed by atoms with Crippen molar-refractivity contribution in [1.82, 2.24) is 14.9 Å². The van der Waals surface area contributed by atoms with Gasteiger partial charge in [0.15, 0.2) is 0 Å². The smallest absolute Gasteiger partial charge is 0.237 e. The third-order valence-corrected chi connectivity index (χ3v) is 11.6. The molecule has 3 heterocycles. The van der Waals surface area contributed by atoms with Gasteiger partial charge in [-0.3, -0.25) is 4.79 Å². The molecule has 4 aliphatic rings. The Morgan fingerprint density at radius 1 is 1.08 bits per heavy atom. The first kappa shape index (κ1) is 28.9. The van der Waals surface area contributed by atoms with E-state index in [1.54, 1.807) is 16.4 Å². The summed E-state index contributed by atoms with van der Waals surface area (Å²) in [5.41, 5.74) is 7.58. The number of fused-ring (bicyclic) bond motifs is 2. The van der Waals surface area contributed by atoms with E-state index < -0.39 is 16.1 Å². The molecule has 8 nitrogen and oxygen atoms in total. The zero-order chi connectivity index (χ0) is 27.4. The predicted molar refractivity (Wildman–Crippen MR) is 149 cm³/mol. The predicted octanol–water partition coefficient (Wildman–Crippen LogP) is 2.88. The Labute approximate surface area is 232 Å². The average Bonchev–Trinajstić information content (AvgIpc) is 3.06. The largest absolute Gasteiger partial charge is 0.381 e. The molecule has 2 bridgehead atoms. The summed E-state index contributed by atoms with van der Waals surface area (Å²) in [6.07, 6.45) is 9.06. The van der Waals surface area contributed by atoms with Crippen molar-refractivity contribution in [3.8, 4) is 0 Å². The number of hydrogen-bond donors (Lipinski definition) is 3. The SMILES string of the molecule is N[C@H](C(=O)N[C@H]1CCCC[C@@H]1CC[C@H]1CN[C@@H]2CCCS(=O)(=O)N1C2)[C@@H](c1ccc(F)cc1)C1CCOCC1. The number of rotatable bonds is 8. The first-order valence-corrected chi connectivity index (χ1v) is 16.5. The number of piperazine rings is 1. The first-order chi connectivity index (χ1) is 18.8. The number of carbonyl (C=O) groups is 1. The van der Waals surface area contributed by atoms with E-state index in [4.69, 9.17) is 10.5 Å². The van der Waals surface area contributed by atoms with Crippen molar-refractivity contribution < 1.29 is 22.3 Å². The van der Waals surface area contributed by atoms with Gasteiger partial charge in [0.25, 0.3) is 0 Å². The number of sulfonamides is 1. The fourth-order valence-corrected chi connectivity index (χ4v) is 9.18. The van der Waals surface area contributed by atoms with E-state index in [2.05, 4.69) is 10.6 Å². The molecule has 3 aliphatic heterocycles. The molecule has 0 radical (unpaired) electrons. The fraction of sp³-hybridized carbons (Fsp3) is 0.759. The lowest BCUT2D eigenvalue weighted by Gasteiger charge is -2.40. The summed E-state index contributed by atoms with van der Waals surface area (Å²) in [5, 5.41) is 6.87. The molecule has 0 aromatic heterocycles. The van der Waals surface area contributed by atoms with Crippen LogP contribution in [0.4, 0.5) is 4.39 Å². The number of benzene rings is 1. The maximum absolute atomic E-state index is 13.7. The number of nitrogens with zero attached hydrogens (tertiary/aromatic N) is 1. The highest BCUT2D eigenvalue weighted by molar-refractivity contribution is 7.89. The van der Waals surface area contributed by atoms with E-state index >= 15 is 0 Å². The van der Waals surface area contributed by atoms with Crippen LogP contribution in [0.15, 0.2) is 24.3 Å². The number of nitrogens with two attached hydrogens (primary N) is 1. The lowest BCUT2D eigenvalue weighted by Crippen LogP contribution is -2.57. The highest BCUT2D eigenvalue weighted by Crippen LogP contribution is 2.36. The Morgan fingerprint density at radius 2 is 1.82 bits per heavy atom. The van der Waals surface area contributed by atoms with Crippen LogP contribution in [-0.2, 0) is 19.6 Å². The monoisotopic (exact) mass is 564 g/mol. The maximum Gasteiger partial charge on any atom is 0.237 e. The molecular formula is C29H45FN4O4S. The van der Waals surface area contributed by atoms with Gasteiger partial charge in [-0.2, -0.15) is 4.31 Å². The minimum Gasteiger partial charge on any atom is -0.381 e. The second-order valence-corrected chi connectivity index (χ2v) is 14.1. The van der Waals surface area contributed by atoms with Crippen molar-refractivity contribution in [3.05, 3.63) is 35.6 Å². The van der Waals surface area contributed by atoms with E-state index in [9.17, 15) is 17.6 Å². The van der Waals surface area contributed by atoms with E-state index in [0.717, 1.165) is 63.4 Å². The van der Waals surface area contributed by atoms with E-state index in [-0.39, 0.29) is 47.4 Å². The summed E-state index contributed by atoms with van der Waals surface area (Å²) >= 11 is 0. The summed E-state index contributed by atoms with van der Waals surface area (Å²) in [5.74, 6) is 0.0875. The van der Waals surface area contributed by atoms with Crippen LogP contribution in [0, 0.1) is 17.7 Å². The van der Waals surface area contributed by atoms with Crippen LogP contribution in [0.5, 0.6) is 0 Å². The molecule has 4 fully saturated rings. The Bertz CT molecular complexity index is 1070. The summed E-state index contributed by atoms with van der Waals surface area (Å²) in [4.78, 5) is 13.6. The van der Waals surface area contributed by atoms with Gasteiger partial charge < -0.3 is 21.1 Å². The molecule has 1 aliphatic carbocycles. The number of nitrogens with one attached hydrogen (secondary N) is 2. The lowest BCUT2D eigenvalue weighted by atomic mass is 9.76. The molecule has 10 heteroatoms. The molecule has 0 spiro atoms. The van der Waals surface area contributed by atoms with Gasteiger partial charge in [-0.05, 0) is 80.9 Å². The number of halogens is 1. The summed E-state index contributed by atoms with van der Waals surface area (Å²) < 4.78 is 46.8. The summed E-state index contributed by atoms with van der Waals surface area (Å²) in [6.45, 7) is 2.56. The Hall–Kier alpha value is -1.59. The Morgan fingerprint density at radius 3 is 2.59 bits per heavy atom. The lowest BCUT2D eigenvalue weighted by molar-refractivity contribution is -0.124. The van der Waals surface area contributed by atoms with Gasteiger partial charge in [0.1, 0.15) is 5.82 Å². The number of hydrogen-bond acceptors (Lipinski definition) is 6. The minimum absolute atomic E-state index is 0.0266. The van der Waals surface area contributed by atoms with E-state index in [0.29, 0.717) is 38.6 Å². The van der Waals surface area contributed by atoms with Gasteiger partial charge in [0, 0.05) is 50.3 Å². The highest BCUT2D eigenvalue weighted by atomic mass is 32.2. The summed E-state index contributed by atoms with van der Waals surface area (Å²) in [7, 11) is -3.21. The van der Waals surface area contributed by atoms with Crippen LogP contribution < -0.4 is 16.4 Å². The molecule has 7 atom stereocenters. The fourth-order valence-electron chi connectivity index (χ4n) is 7.37. The van der Waals surface area contributed by atoms with Crippen molar-refractivity contribution in [2.75, 3.05) is 32.1 Å². The van der Waals surface area contributed by atoms with Crippen LogP contribution in [0.2, 0.25) is 0 Å². The van der Waals surface area contributed by atoms with Crippen molar-refractivity contribution >= 4 is 15.9 Å². The molecule has 1 aromatic rings. The van der Waals surface area contributed by atoms with E-state index in [1.807, 2.05) is 0 Å². The first-order valence-electron chi connectivity index (χ1n) is 14.9. The van der Waals surface area contributed by atoms with Crippen molar-refractivity contribution in [2.24, 2.45) is 17.6 Å². The molecule has 1 amide bonds. The Balaban J connectivity index is 1.24. The van der Waals surface area contributed by atoms with E-state index in [1.165, 1.54) is 12.1 Å². The van der Waals surface area contributed by atoms with Crippen LogP contribution in [0.3, 0.4) is 0 Å². The third-order valence-electron chi connectivity index (χ3n) is 9.59. The number of ether oxygens (including phenoxy) is 1. The quantitative estimate of drug-likeness (QED) is 0.448.